The molecule has 0 amide bonds. The number of rotatable bonds is 5. The molecule has 0 aliphatic rings. The van der Waals surface area contributed by atoms with Gasteiger partial charge in [0.25, 0.3) is 5.56 Å². The zero-order valence-electron chi connectivity index (χ0n) is 15.2. The number of hydrogen-bond acceptors (Lipinski definition) is 5. The van der Waals surface area contributed by atoms with Crippen molar-refractivity contribution in [1.29, 1.82) is 0 Å². The number of thioether (sulfide) groups is 1. The Morgan fingerprint density at radius 3 is 2.66 bits per heavy atom. The molecule has 146 valence electrons. The highest BCUT2D eigenvalue weighted by Gasteiger charge is 2.18. The third kappa shape index (κ3) is 3.86. The van der Waals surface area contributed by atoms with E-state index in [0.29, 0.717) is 21.8 Å². The Bertz CT molecular complexity index is 1300. The number of nitrogens with zero attached hydrogens (tertiary/aromatic N) is 2. The largest absolute Gasteiger partial charge is 0.292 e. The van der Waals surface area contributed by atoms with Crippen molar-refractivity contribution in [3.05, 3.63) is 86.3 Å². The number of thiophene rings is 1. The minimum atomic E-state index is -0.883. The Morgan fingerprint density at radius 1 is 1.14 bits per heavy atom. The fourth-order valence-electron chi connectivity index (χ4n) is 2.87. The van der Waals surface area contributed by atoms with E-state index in [1.54, 1.807) is 30.3 Å². The first-order chi connectivity index (χ1) is 13.9. The minimum Gasteiger partial charge on any atom is -0.292 e. The van der Waals surface area contributed by atoms with Gasteiger partial charge in [-0.3, -0.25) is 14.2 Å². The van der Waals surface area contributed by atoms with Crippen molar-refractivity contribution < 1.29 is 13.6 Å². The van der Waals surface area contributed by atoms with Crippen LogP contribution in [0.15, 0.2) is 64.5 Å². The molecule has 8 heteroatoms. The van der Waals surface area contributed by atoms with E-state index >= 15 is 0 Å². The van der Waals surface area contributed by atoms with E-state index in [-0.39, 0.29) is 22.4 Å². The van der Waals surface area contributed by atoms with E-state index in [2.05, 4.69) is 4.98 Å². The summed E-state index contributed by atoms with van der Waals surface area (Å²) in [5.74, 6) is -1.70. The van der Waals surface area contributed by atoms with Crippen LogP contribution in [-0.2, 0) is 0 Å². The van der Waals surface area contributed by atoms with Crippen molar-refractivity contribution >= 4 is 39.8 Å². The van der Waals surface area contributed by atoms with Crippen LogP contribution in [0.2, 0.25) is 0 Å². The summed E-state index contributed by atoms with van der Waals surface area (Å²) in [5.41, 5.74) is -0.155. The van der Waals surface area contributed by atoms with Gasteiger partial charge in [0.2, 0.25) is 0 Å². The molecule has 0 aliphatic heterocycles. The molecule has 4 nitrogen and oxygen atoms in total. The van der Waals surface area contributed by atoms with Crippen LogP contribution >= 0.6 is 23.1 Å². The fourth-order valence-corrected chi connectivity index (χ4v) is 4.66. The maximum atomic E-state index is 14.5. The lowest BCUT2D eigenvalue weighted by molar-refractivity contribution is 0.102. The van der Waals surface area contributed by atoms with Crippen LogP contribution in [0, 0.1) is 18.6 Å². The van der Waals surface area contributed by atoms with Gasteiger partial charge in [-0.25, -0.2) is 13.8 Å². The molecule has 0 saturated carbocycles. The molecule has 2 heterocycles. The van der Waals surface area contributed by atoms with E-state index in [4.69, 9.17) is 0 Å². The van der Waals surface area contributed by atoms with Crippen molar-refractivity contribution in [3.8, 4) is 5.69 Å². The Morgan fingerprint density at radius 2 is 1.93 bits per heavy atom. The summed E-state index contributed by atoms with van der Waals surface area (Å²) in [4.78, 5) is 31.7. The average molecular weight is 428 g/mol. The number of aryl methyl sites for hydroxylation is 1. The van der Waals surface area contributed by atoms with Gasteiger partial charge in [-0.15, -0.1) is 11.3 Å². The van der Waals surface area contributed by atoms with Crippen LogP contribution in [-0.4, -0.2) is 21.1 Å². The van der Waals surface area contributed by atoms with Crippen LogP contribution in [0.5, 0.6) is 0 Å². The van der Waals surface area contributed by atoms with Gasteiger partial charge < -0.3 is 0 Å². The molecule has 0 unspecified atom stereocenters. The predicted octanol–water partition coefficient (Wildman–Crippen LogP) is 5.01. The topological polar surface area (TPSA) is 52.0 Å². The van der Waals surface area contributed by atoms with Gasteiger partial charge in [-0.1, -0.05) is 23.9 Å². The lowest BCUT2D eigenvalue weighted by atomic mass is 10.2. The fraction of sp³-hybridized carbons (Fsp3) is 0.0952. The van der Waals surface area contributed by atoms with Gasteiger partial charge in [0.05, 0.1) is 27.2 Å². The van der Waals surface area contributed by atoms with Crippen LogP contribution < -0.4 is 5.56 Å². The first-order valence-electron chi connectivity index (χ1n) is 8.63. The number of halogens is 2. The second kappa shape index (κ2) is 7.88. The molecule has 0 fully saturated rings. The Kier molecular flexibility index (Phi) is 5.29. The van der Waals surface area contributed by atoms with Crippen molar-refractivity contribution in [2.45, 2.75) is 12.1 Å². The van der Waals surface area contributed by atoms with E-state index < -0.39 is 17.2 Å². The van der Waals surface area contributed by atoms with E-state index in [0.717, 1.165) is 27.3 Å². The molecule has 0 atom stereocenters. The molecule has 0 N–H and O–H groups in total. The molecule has 0 bridgehead atoms. The highest BCUT2D eigenvalue weighted by Crippen LogP contribution is 2.25. The normalized spacial score (nSPS) is 11.1. The van der Waals surface area contributed by atoms with Crippen LogP contribution in [0.4, 0.5) is 8.78 Å². The molecule has 0 aliphatic carbocycles. The number of para-hydroxylation sites is 1. The van der Waals surface area contributed by atoms with Crippen LogP contribution in [0.25, 0.3) is 16.6 Å². The van der Waals surface area contributed by atoms with Crippen LogP contribution in [0.3, 0.4) is 0 Å². The maximum Gasteiger partial charge on any atom is 0.266 e. The zero-order valence-corrected chi connectivity index (χ0v) is 16.8. The van der Waals surface area contributed by atoms with E-state index in [9.17, 15) is 18.4 Å². The summed E-state index contributed by atoms with van der Waals surface area (Å²) >= 11 is 2.43. The molecular formula is C21H14F2N2O2S2. The third-order valence-electron chi connectivity index (χ3n) is 4.24. The summed E-state index contributed by atoms with van der Waals surface area (Å²) in [7, 11) is 0. The smallest absolute Gasteiger partial charge is 0.266 e. The van der Waals surface area contributed by atoms with Gasteiger partial charge >= 0.3 is 0 Å². The summed E-state index contributed by atoms with van der Waals surface area (Å²) in [6.45, 7) is 1.91. The Labute approximate surface area is 172 Å². The van der Waals surface area contributed by atoms with Crippen molar-refractivity contribution in [2.75, 3.05) is 5.75 Å². The summed E-state index contributed by atoms with van der Waals surface area (Å²) in [5, 5.41) is 0.474. The van der Waals surface area contributed by atoms with Gasteiger partial charge in [0.1, 0.15) is 11.6 Å². The highest BCUT2D eigenvalue weighted by atomic mass is 32.2. The maximum absolute atomic E-state index is 14.5. The lowest BCUT2D eigenvalue weighted by Gasteiger charge is -2.13. The molecule has 4 aromatic rings. The second-order valence-corrected chi connectivity index (χ2v) is 8.50. The predicted molar refractivity (Wildman–Crippen MR) is 111 cm³/mol. The zero-order chi connectivity index (χ0) is 20.5. The number of aromatic nitrogens is 2. The molecule has 29 heavy (non-hydrogen) atoms. The molecule has 0 spiro atoms. The van der Waals surface area contributed by atoms with Gasteiger partial charge in [0.15, 0.2) is 10.9 Å². The summed E-state index contributed by atoms with van der Waals surface area (Å²) in [6, 6.07) is 13.3. The molecule has 2 aromatic carbocycles. The summed E-state index contributed by atoms with van der Waals surface area (Å²) < 4.78 is 28.9. The standard InChI is InChI=1S/C21H14F2N2O2S2/c1-12-6-9-19(29-12)18(26)11-28-21-24-16-5-3-2-4-14(16)20(27)25(21)17-8-7-13(22)10-15(17)23/h2-10H,11H2,1H3. The molecular weight excluding hydrogens is 414 g/mol. The first kappa shape index (κ1) is 19.5. The SMILES string of the molecule is Cc1ccc(C(=O)CSc2nc3ccccc3c(=O)n2-c2ccc(F)cc2F)s1. The minimum absolute atomic E-state index is 0.0353. The summed E-state index contributed by atoms with van der Waals surface area (Å²) in [6.07, 6.45) is 0. The quantitative estimate of drug-likeness (QED) is 0.255. The molecule has 2 aromatic heterocycles. The number of Topliss-reactive ketones (excluding diaryl/α,β-unsaturated/α-hetero) is 1. The number of ketones is 1. The lowest BCUT2D eigenvalue weighted by Crippen LogP contribution is -2.23. The highest BCUT2D eigenvalue weighted by molar-refractivity contribution is 7.99. The second-order valence-electron chi connectivity index (χ2n) is 6.27. The van der Waals surface area contributed by atoms with Gasteiger partial charge in [-0.05, 0) is 43.3 Å². The number of hydrogen-bond donors (Lipinski definition) is 0. The third-order valence-corrected chi connectivity index (χ3v) is 6.22. The average Bonchev–Trinajstić information content (AvgIpc) is 3.14. The Hall–Kier alpha value is -2.84. The molecule has 0 saturated heterocycles. The molecule has 4 rings (SSSR count). The number of benzene rings is 2. The van der Waals surface area contributed by atoms with E-state index in [1.807, 2.05) is 13.0 Å². The van der Waals surface area contributed by atoms with Gasteiger partial charge in [0, 0.05) is 10.9 Å². The number of carbonyl (C=O) groups excluding carboxylic acids is 1. The molecule has 0 radical (unpaired) electrons. The monoisotopic (exact) mass is 428 g/mol. The number of fused-ring (bicyclic) bond motifs is 1. The van der Waals surface area contributed by atoms with E-state index in [1.165, 1.54) is 17.4 Å². The number of carbonyl (C=O) groups is 1. The van der Waals surface area contributed by atoms with Crippen molar-refractivity contribution in [1.82, 2.24) is 9.55 Å². The van der Waals surface area contributed by atoms with Crippen molar-refractivity contribution in [2.24, 2.45) is 0 Å². The van der Waals surface area contributed by atoms with Crippen LogP contribution in [0.1, 0.15) is 14.5 Å². The van der Waals surface area contributed by atoms with Crippen molar-refractivity contribution in [3.63, 3.8) is 0 Å². The Balaban J connectivity index is 1.81. The first-order valence-corrected chi connectivity index (χ1v) is 10.4. The van der Waals surface area contributed by atoms with Gasteiger partial charge in [-0.2, -0.15) is 0 Å².